The van der Waals surface area contributed by atoms with Crippen LogP contribution in [-0.2, 0) is 18.4 Å². The minimum absolute atomic E-state index is 0.422. The van der Waals surface area contributed by atoms with Gasteiger partial charge in [0.25, 0.3) is 0 Å². The van der Waals surface area contributed by atoms with Gasteiger partial charge < -0.3 is 5.32 Å². The summed E-state index contributed by atoms with van der Waals surface area (Å²) < 4.78 is 2.19. The lowest BCUT2D eigenvalue weighted by atomic mass is 9.77. The first-order valence-corrected chi connectivity index (χ1v) is 6.54. The highest BCUT2D eigenvalue weighted by Gasteiger charge is 2.43. The Bertz CT molecular complexity index is 400. The normalized spacial score (nSPS) is 22.6. The molecule has 0 amide bonds. The van der Waals surface area contributed by atoms with Crippen LogP contribution < -0.4 is 5.32 Å². The second-order valence-corrected chi connectivity index (χ2v) is 5.26. The van der Waals surface area contributed by atoms with Crippen molar-refractivity contribution in [3.8, 4) is 0 Å². The Labute approximate surface area is 97.2 Å². The SMILES string of the molecule is CCn1nc2c(c1C)CCC21CCNCC1. The van der Waals surface area contributed by atoms with E-state index >= 15 is 0 Å². The van der Waals surface area contributed by atoms with Crippen LogP contribution in [-0.4, -0.2) is 22.9 Å². The number of hydrogen-bond acceptors (Lipinski definition) is 2. The van der Waals surface area contributed by atoms with E-state index in [4.69, 9.17) is 5.10 Å². The first kappa shape index (κ1) is 10.3. The highest BCUT2D eigenvalue weighted by atomic mass is 15.3. The number of piperidine rings is 1. The molecule has 0 aromatic carbocycles. The van der Waals surface area contributed by atoms with E-state index in [1.54, 1.807) is 5.56 Å². The highest BCUT2D eigenvalue weighted by Crippen LogP contribution is 2.45. The van der Waals surface area contributed by atoms with Crippen molar-refractivity contribution in [2.45, 2.75) is 51.5 Å². The molecule has 1 aromatic rings. The van der Waals surface area contributed by atoms with Crippen LogP contribution in [0.25, 0.3) is 0 Å². The minimum Gasteiger partial charge on any atom is -0.317 e. The maximum absolute atomic E-state index is 4.87. The molecule has 1 aliphatic carbocycles. The largest absolute Gasteiger partial charge is 0.317 e. The molecule has 3 heteroatoms. The lowest BCUT2D eigenvalue weighted by Gasteiger charge is -2.33. The third-order valence-electron chi connectivity index (χ3n) is 4.55. The molecule has 1 saturated heterocycles. The standard InChI is InChI=1S/C13H21N3/c1-3-16-10(2)11-4-5-13(12(11)15-16)6-8-14-9-7-13/h14H,3-9H2,1-2H3. The van der Waals surface area contributed by atoms with Crippen molar-refractivity contribution >= 4 is 0 Å². The molecule has 1 aromatic heterocycles. The van der Waals surface area contributed by atoms with Gasteiger partial charge in [0, 0.05) is 17.7 Å². The topological polar surface area (TPSA) is 29.9 Å². The van der Waals surface area contributed by atoms with Gasteiger partial charge in [-0.05, 0) is 58.2 Å². The summed E-state index contributed by atoms with van der Waals surface area (Å²) >= 11 is 0. The van der Waals surface area contributed by atoms with E-state index in [1.165, 1.54) is 37.1 Å². The summed E-state index contributed by atoms with van der Waals surface area (Å²) in [6.07, 6.45) is 5.14. The van der Waals surface area contributed by atoms with E-state index in [0.29, 0.717) is 5.41 Å². The third-order valence-corrected chi connectivity index (χ3v) is 4.55. The van der Waals surface area contributed by atoms with Crippen molar-refractivity contribution in [2.24, 2.45) is 0 Å². The second-order valence-electron chi connectivity index (χ2n) is 5.26. The van der Waals surface area contributed by atoms with Crippen LogP contribution in [0, 0.1) is 6.92 Å². The second kappa shape index (κ2) is 3.59. The first-order chi connectivity index (χ1) is 7.77. The van der Waals surface area contributed by atoms with E-state index < -0.39 is 0 Å². The Kier molecular flexibility index (Phi) is 2.32. The summed E-state index contributed by atoms with van der Waals surface area (Å²) in [6.45, 7) is 7.75. The van der Waals surface area contributed by atoms with Crippen molar-refractivity contribution < 1.29 is 0 Å². The van der Waals surface area contributed by atoms with Gasteiger partial charge >= 0.3 is 0 Å². The monoisotopic (exact) mass is 219 g/mol. The van der Waals surface area contributed by atoms with Crippen LogP contribution in [0.4, 0.5) is 0 Å². The molecule has 88 valence electrons. The lowest BCUT2D eigenvalue weighted by Crippen LogP contribution is -2.38. The Hall–Kier alpha value is -0.830. The summed E-state index contributed by atoms with van der Waals surface area (Å²) in [7, 11) is 0. The molecule has 2 aliphatic rings. The molecular formula is C13H21N3. The van der Waals surface area contributed by atoms with Crippen LogP contribution in [0.3, 0.4) is 0 Å². The lowest BCUT2D eigenvalue weighted by molar-refractivity contribution is 0.296. The Balaban J connectivity index is 2.04. The van der Waals surface area contributed by atoms with E-state index in [0.717, 1.165) is 19.6 Å². The molecule has 2 heterocycles. The maximum atomic E-state index is 4.87. The molecule has 1 N–H and O–H groups in total. The van der Waals surface area contributed by atoms with E-state index in [1.807, 2.05) is 0 Å². The molecule has 1 aliphatic heterocycles. The number of aromatic nitrogens is 2. The zero-order chi connectivity index (χ0) is 11.2. The zero-order valence-electron chi connectivity index (χ0n) is 10.3. The third kappa shape index (κ3) is 1.27. The van der Waals surface area contributed by atoms with Gasteiger partial charge in [-0.25, -0.2) is 0 Å². The number of nitrogens with one attached hydrogen (secondary N) is 1. The summed E-state index contributed by atoms with van der Waals surface area (Å²) in [4.78, 5) is 0. The van der Waals surface area contributed by atoms with Crippen LogP contribution in [0.15, 0.2) is 0 Å². The highest BCUT2D eigenvalue weighted by molar-refractivity contribution is 5.37. The zero-order valence-corrected chi connectivity index (χ0v) is 10.3. The Morgan fingerprint density at radius 3 is 2.75 bits per heavy atom. The molecule has 3 rings (SSSR count). The molecular weight excluding hydrogens is 198 g/mol. The predicted molar refractivity (Wildman–Crippen MR) is 64.7 cm³/mol. The van der Waals surface area contributed by atoms with E-state index in [2.05, 4.69) is 23.8 Å². The van der Waals surface area contributed by atoms with Gasteiger partial charge in [-0.3, -0.25) is 4.68 Å². The van der Waals surface area contributed by atoms with Gasteiger partial charge in [-0.15, -0.1) is 0 Å². The Morgan fingerprint density at radius 1 is 1.31 bits per heavy atom. The average molecular weight is 219 g/mol. The fourth-order valence-electron chi connectivity index (χ4n) is 3.49. The average Bonchev–Trinajstić information content (AvgIpc) is 2.81. The number of rotatable bonds is 1. The first-order valence-electron chi connectivity index (χ1n) is 6.54. The van der Waals surface area contributed by atoms with E-state index in [-0.39, 0.29) is 0 Å². The van der Waals surface area contributed by atoms with Crippen LogP contribution in [0.5, 0.6) is 0 Å². The number of hydrogen-bond donors (Lipinski definition) is 1. The van der Waals surface area contributed by atoms with Gasteiger partial charge in [0.15, 0.2) is 0 Å². The smallest absolute Gasteiger partial charge is 0.0722 e. The molecule has 1 fully saturated rings. The van der Waals surface area contributed by atoms with Crippen LogP contribution >= 0.6 is 0 Å². The van der Waals surface area contributed by atoms with Crippen molar-refractivity contribution in [1.82, 2.24) is 15.1 Å². The molecule has 0 radical (unpaired) electrons. The molecule has 0 atom stereocenters. The molecule has 0 bridgehead atoms. The van der Waals surface area contributed by atoms with Gasteiger partial charge in [-0.1, -0.05) is 0 Å². The molecule has 0 unspecified atom stereocenters. The molecule has 0 saturated carbocycles. The fraction of sp³-hybridized carbons (Fsp3) is 0.769. The molecule has 16 heavy (non-hydrogen) atoms. The van der Waals surface area contributed by atoms with Gasteiger partial charge in [0.05, 0.1) is 5.69 Å². The van der Waals surface area contributed by atoms with Crippen molar-refractivity contribution in [3.05, 3.63) is 17.0 Å². The fourth-order valence-corrected chi connectivity index (χ4v) is 3.49. The summed E-state index contributed by atoms with van der Waals surface area (Å²) in [5.74, 6) is 0. The summed E-state index contributed by atoms with van der Waals surface area (Å²) in [6, 6.07) is 0. The number of aryl methyl sites for hydroxylation is 1. The number of fused-ring (bicyclic) bond motifs is 2. The van der Waals surface area contributed by atoms with Gasteiger partial charge in [0.2, 0.25) is 0 Å². The summed E-state index contributed by atoms with van der Waals surface area (Å²) in [5.41, 5.74) is 4.83. The minimum atomic E-state index is 0.422. The number of nitrogens with zero attached hydrogens (tertiary/aromatic N) is 2. The van der Waals surface area contributed by atoms with Crippen molar-refractivity contribution in [2.75, 3.05) is 13.1 Å². The van der Waals surface area contributed by atoms with Gasteiger partial charge in [0.1, 0.15) is 0 Å². The predicted octanol–water partition coefficient (Wildman–Crippen LogP) is 1.78. The quantitative estimate of drug-likeness (QED) is 0.780. The maximum Gasteiger partial charge on any atom is 0.0722 e. The Morgan fingerprint density at radius 2 is 2.06 bits per heavy atom. The van der Waals surface area contributed by atoms with Crippen LogP contribution in [0.1, 0.15) is 43.1 Å². The van der Waals surface area contributed by atoms with Crippen molar-refractivity contribution in [3.63, 3.8) is 0 Å². The van der Waals surface area contributed by atoms with Crippen molar-refractivity contribution in [1.29, 1.82) is 0 Å². The molecule has 1 spiro atoms. The van der Waals surface area contributed by atoms with Crippen LogP contribution in [0.2, 0.25) is 0 Å². The van der Waals surface area contributed by atoms with E-state index in [9.17, 15) is 0 Å². The molecule has 3 nitrogen and oxygen atoms in total. The summed E-state index contributed by atoms with van der Waals surface area (Å²) in [5, 5.41) is 8.34. The van der Waals surface area contributed by atoms with Gasteiger partial charge in [-0.2, -0.15) is 5.10 Å².